The first-order chi connectivity index (χ1) is 7.79. The van der Waals surface area contributed by atoms with Gasteiger partial charge in [-0.15, -0.1) is 0 Å². The molecule has 0 aliphatic heterocycles. The second kappa shape index (κ2) is 6.53. The van der Waals surface area contributed by atoms with Crippen LogP contribution in [0.2, 0.25) is 0 Å². The normalized spacial score (nSPS) is 9.56. The maximum atomic E-state index is 11.6. The zero-order valence-electron chi connectivity index (χ0n) is 9.14. The zero-order valence-corrected chi connectivity index (χ0v) is 9.14. The van der Waals surface area contributed by atoms with Gasteiger partial charge in [-0.1, -0.05) is 12.0 Å². The van der Waals surface area contributed by atoms with Gasteiger partial charge in [0, 0.05) is 24.4 Å². The highest BCUT2D eigenvalue weighted by atomic mass is 16.3. The summed E-state index contributed by atoms with van der Waals surface area (Å²) in [5.41, 5.74) is 8.63. The standard InChI is InChI=1S/C10H14N4O2/c1-2-9-8(4-7-16-9)10(15)12-5-3-6-13-14-11/h4,7H,2-3,5-6H2,1H3,(H,12,15). The molecule has 1 rings (SSSR count). The van der Waals surface area contributed by atoms with Crippen LogP contribution in [0.25, 0.3) is 10.4 Å². The Kier molecular flexibility index (Phi) is 4.95. The van der Waals surface area contributed by atoms with E-state index in [4.69, 9.17) is 9.95 Å². The molecule has 0 atom stereocenters. The fourth-order valence-corrected chi connectivity index (χ4v) is 1.31. The average Bonchev–Trinajstić information content (AvgIpc) is 2.76. The molecule has 1 aromatic heterocycles. The molecule has 1 amide bonds. The minimum atomic E-state index is -0.147. The number of amides is 1. The van der Waals surface area contributed by atoms with Crippen molar-refractivity contribution in [3.05, 3.63) is 34.1 Å². The zero-order chi connectivity index (χ0) is 11.8. The number of furan rings is 1. The molecule has 0 aromatic carbocycles. The Morgan fingerprint density at radius 2 is 2.50 bits per heavy atom. The van der Waals surface area contributed by atoms with Crippen LogP contribution >= 0.6 is 0 Å². The van der Waals surface area contributed by atoms with Crippen molar-refractivity contribution in [1.82, 2.24) is 5.32 Å². The lowest BCUT2D eigenvalue weighted by Crippen LogP contribution is -2.25. The molecule has 6 heteroatoms. The molecule has 0 fully saturated rings. The summed E-state index contributed by atoms with van der Waals surface area (Å²) in [7, 11) is 0. The maximum Gasteiger partial charge on any atom is 0.254 e. The van der Waals surface area contributed by atoms with Crippen LogP contribution in [0, 0.1) is 0 Å². The lowest BCUT2D eigenvalue weighted by Gasteiger charge is -2.02. The van der Waals surface area contributed by atoms with E-state index in [1.807, 2.05) is 6.92 Å². The van der Waals surface area contributed by atoms with Gasteiger partial charge in [-0.3, -0.25) is 4.79 Å². The third kappa shape index (κ3) is 3.33. The number of carbonyl (C=O) groups excluding carboxylic acids is 1. The Labute approximate surface area is 93.3 Å². The topological polar surface area (TPSA) is 91.0 Å². The SMILES string of the molecule is CCc1occc1C(=O)NCCCN=[N+]=[N-]. The number of aryl methyl sites for hydroxylation is 1. The Morgan fingerprint density at radius 1 is 1.69 bits per heavy atom. The molecule has 0 aliphatic carbocycles. The molecule has 0 radical (unpaired) electrons. The van der Waals surface area contributed by atoms with Gasteiger partial charge in [0.15, 0.2) is 0 Å². The van der Waals surface area contributed by atoms with Crippen molar-refractivity contribution >= 4 is 5.91 Å². The monoisotopic (exact) mass is 222 g/mol. The van der Waals surface area contributed by atoms with E-state index in [1.54, 1.807) is 6.07 Å². The summed E-state index contributed by atoms with van der Waals surface area (Å²) in [4.78, 5) is 14.3. The van der Waals surface area contributed by atoms with Crippen molar-refractivity contribution in [2.24, 2.45) is 5.11 Å². The number of rotatable bonds is 6. The minimum Gasteiger partial charge on any atom is -0.469 e. The number of nitrogens with zero attached hydrogens (tertiary/aromatic N) is 3. The first kappa shape index (κ1) is 12.1. The number of carbonyl (C=O) groups is 1. The van der Waals surface area contributed by atoms with E-state index >= 15 is 0 Å². The Balaban J connectivity index is 2.38. The van der Waals surface area contributed by atoms with E-state index in [-0.39, 0.29) is 5.91 Å². The smallest absolute Gasteiger partial charge is 0.254 e. The number of hydrogen-bond acceptors (Lipinski definition) is 3. The van der Waals surface area contributed by atoms with Crippen molar-refractivity contribution < 1.29 is 9.21 Å². The van der Waals surface area contributed by atoms with Crippen LogP contribution in [-0.4, -0.2) is 19.0 Å². The van der Waals surface area contributed by atoms with Crippen molar-refractivity contribution in [3.63, 3.8) is 0 Å². The lowest BCUT2D eigenvalue weighted by atomic mass is 10.2. The molecule has 1 heterocycles. The van der Waals surface area contributed by atoms with Gasteiger partial charge in [0.05, 0.1) is 11.8 Å². The summed E-state index contributed by atoms with van der Waals surface area (Å²) in [6.07, 6.45) is 2.83. The largest absolute Gasteiger partial charge is 0.469 e. The van der Waals surface area contributed by atoms with E-state index in [9.17, 15) is 4.79 Å². The minimum absolute atomic E-state index is 0.147. The van der Waals surface area contributed by atoms with Gasteiger partial charge in [0.2, 0.25) is 0 Å². The second-order valence-electron chi connectivity index (χ2n) is 3.17. The Hall–Kier alpha value is -1.94. The van der Waals surface area contributed by atoms with Crippen LogP contribution in [-0.2, 0) is 6.42 Å². The lowest BCUT2D eigenvalue weighted by molar-refractivity contribution is 0.0951. The van der Waals surface area contributed by atoms with E-state index in [0.717, 1.165) is 0 Å². The Bertz CT molecular complexity index is 393. The molecule has 0 saturated carbocycles. The molecular formula is C10H14N4O2. The highest BCUT2D eigenvalue weighted by molar-refractivity contribution is 5.95. The van der Waals surface area contributed by atoms with Crippen molar-refractivity contribution in [1.29, 1.82) is 0 Å². The van der Waals surface area contributed by atoms with Gasteiger partial charge < -0.3 is 9.73 Å². The maximum absolute atomic E-state index is 11.6. The van der Waals surface area contributed by atoms with Crippen LogP contribution in [0.5, 0.6) is 0 Å². The molecular weight excluding hydrogens is 208 g/mol. The molecule has 0 bridgehead atoms. The first-order valence-electron chi connectivity index (χ1n) is 5.15. The summed E-state index contributed by atoms with van der Waals surface area (Å²) in [5, 5.41) is 6.11. The summed E-state index contributed by atoms with van der Waals surface area (Å²) in [6, 6.07) is 1.65. The molecule has 6 nitrogen and oxygen atoms in total. The molecule has 0 spiro atoms. The molecule has 0 aliphatic rings. The van der Waals surface area contributed by atoms with Gasteiger partial charge in [-0.25, -0.2) is 0 Å². The molecule has 1 aromatic rings. The molecule has 0 unspecified atom stereocenters. The van der Waals surface area contributed by atoms with Crippen molar-refractivity contribution in [3.8, 4) is 0 Å². The van der Waals surface area contributed by atoms with Crippen molar-refractivity contribution in [2.45, 2.75) is 19.8 Å². The van der Waals surface area contributed by atoms with Gasteiger partial charge in [-0.2, -0.15) is 0 Å². The first-order valence-corrected chi connectivity index (χ1v) is 5.15. The quantitative estimate of drug-likeness (QED) is 0.346. The third-order valence-corrected chi connectivity index (χ3v) is 2.09. The summed E-state index contributed by atoms with van der Waals surface area (Å²) < 4.78 is 5.15. The van der Waals surface area contributed by atoms with E-state index in [1.165, 1.54) is 6.26 Å². The van der Waals surface area contributed by atoms with Crippen LogP contribution in [0.3, 0.4) is 0 Å². The second-order valence-corrected chi connectivity index (χ2v) is 3.17. The highest BCUT2D eigenvalue weighted by Crippen LogP contribution is 2.10. The number of hydrogen-bond donors (Lipinski definition) is 1. The fourth-order valence-electron chi connectivity index (χ4n) is 1.31. The van der Waals surface area contributed by atoms with Gasteiger partial charge in [0.25, 0.3) is 5.91 Å². The molecule has 0 saturated heterocycles. The molecule has 16 heavy (non-hydrogen) atoms. The van der Waals surface area contributed by atoms with Crippen LogP contribution in [0.4, 0.5) is 0 Å². The van der Waals surface area contributed by atoms with Crippen LogP contribution in [0.1, 0.15) is 29.5 Å². The molecule has 1 N–H and O–H groups in total. The van der Waals surface area contributed by atoms with E-state index in [2.05, 4.69) is 15.3 Å². The average molecular weight is 222 g/mol. The van der Waals surface area contributed by atoms with Crippen LogP contribution < -0.4 is 5.32 Å². The van der Waals surface area contributed by atoms with Crippen LogP contribution in [0.15, 0.2) is 21.9 Å². The fraction of sp³-hybridized carbons (Fsp3) is 0.500. The van der Waals surface area contributed by atoms with E-state index in [0.29, 0.717) is 37.3 Å². The summed E-state index contributed by atoms with van der Waals surface area (Å²) >= 11 is 0. The van der Waals surface area contributed by atoms with Gasteiger partial charge >= 0.3 is 0 Å². The van der Waals surface area contributed by atoms with Gasteiger partial charge in [0.1, 0.15) is 5.76 Å². The van der Waals surface area contributed by atoms with Gasteiger partial charge in [-0.05, 0) is 18.0 Å². The third-order valence-electron chi connectivity index (χ3n) is 2.09. The Morgan fingerprint density at radius 3 is 3.19 bits per heavy atom. The number of azide groups is 1. The predicted octanol–water partition coefficient (Wildman–Crippen LogP) is 2.27. The summed E-state index contributed by atoms with van der Waals surface area (Å²) in [5.74, 6) is 0.541. The van der Waals surface area contributed by atoms with Crippen molar-refractivity contribution in [2.75, 3.05) is 13.1 Å². The highest BCUT2D eigenvalue weighted by Gasteiger charge is 2.11. The number of nitrogens with one attached hydrogen (secondary N) is 1. The van der Waals surface area contributed by atoms with E-state index < -0.39 is 0 Å². The predicted molar refractivity (Wildman–Crippen MR) is 59.0 cm³/mol. The summed E-state index contributed by atoms with van der Waals surface area (Å²) in [6.45, 7) is 2.81. The molecule has 86 valence electrons.